The summed E-state index contributed by atoms with van der Waals surface area (Å²) in [6.07, 6.45) is 0.507. The average molecular weight is 457 g/mol. The summed E-state index contributed by atoms with van der Waals surface area (Å²) in [6.45, 7) is -0.0765. The average Bonchev–Trinajstić information content (AvgIpc) is 2.87. The first-order chi connectivity index (χ1) is 16.5. The summed E-state index contributed by atoms with van der Waals surface area (Å²) in [7, 11) is 1.29. The van der Waals surface area contributed by atoms with E-state index < -0.39 is 17.6 Å². The fourth-order valence-electron chi connectivity index (χ4n) is 3.76. The summed E-state index contributed by atoms with van der Waals surface area (Å²) in [5, 5.41) is 3.09. The second-order valence-corrected chi connectivity index (χ2v) is 7.70. The maximum atomic E-state index is 13.3. The molecule has 1 N–H and O–H groups in total. The molecule has 1 amide bonds. The van der Waals surface area contributed by atoms with Gasteiger partial charge in [0, 0.05) is 12.2 Å². The molecule has 3 aromatic carbocycles. The van der Waals surface area contributed by atoms with Gasteiger partial charge in [-0.1, -0.05) is 42.5 Å². The van der Waals surface area contributed by atoms with E-state index in [0.717, 1.165) is 5.56 Å². The van der Waals surface area contributed by atoms with E-state index in [-0.39, 0.29) is 18.6 Å². The van der Waals surface area contributed by atoms with Crippen LogP contribution in [-0.2, 0) is 29.0 Å². The number of methoxy groups -OCH3 is 1. The Morgan fingerprint density at radius 1 is 0.853 bits per heavy atom. The molecule has 1 aromatic heterocycles. The SMILES string of the molecule is COC(=O)c1ccc(NC(=O)Cn2c(=O)n(CCc3ccccc3)c(=O)c3ccccc32)cc1. The minimum atomic E-state index is -0.546. The first kappa shape index (κ1) is 22.7. The molecule has 0 saturated heterocycles. The molecule has 0 unspecified atom stereocenters. The van der Waals surface area contributed by atoms with Crippen LogP contribution in [0, 0.1) is 0 Å². The van der Waals surface area contributed by atoms with Crippen molar-refractivity contribution >= 4 is 28.5 Å². The molecule has 0 aliphatic heterocycles. The van der Waals surface area contributed by atoms with Gasteiger partial charge in [0.15, 0.2) is 0 Å². The molecule has 1 heterocycles. The summed E-state index contributed by atoms with van der Waals surface area (Å²) < 4.78 is 7.15. The molecular formula is C26H23N3O5. The maximum absolute atomic E-state index is 13.3. The summed E-state index contributed by atoms with van der Waals surface area (Å²) in [6, 6.07) is 22.5. The summed E-state index contributed by atoms with van der Waals surface area (Å²) in [5.74, 6) is -0.917. The van der Waals surface area contributed by atoms with E-state index in [1.807, 2.05) is 30.3 Å². The number of carbonyl (C=O) groups is 2. The lowest BCUT2D eigenvalue weighted by Gasteiger charge is -2.14. The molecular weight excluding hydrogens is 434 g/mol. The van der Waals surface area contributed by atoms with Crippen LogP contribution in [-0.4, -0.2) is 28.1 Å². The molecule has 0 bridgehead atoms. The number of rotatable bonds is 7. The molecule has 172 valence electrons. The molecule has 0 saturated carbocycles. The number of aromatic nitrogens is 2. The zero-order chi connectivity index (χ0) is 24.1. The Kier molecular flexibility index (Phi) is 6.68. The third-order valence-electron chi connectivity index (χ3n) is 5.49. The van der Waals surface area contributed by atoms with E-state index in [2.05, 4.69) is 10.1 Å². The largest absolute Gasteiger partial charge is 0.465 e. The summed E-state index contributed by atoms with van der Waals surface area (Å²) in [4.78, 5) is 50.6. The number of ether oxygens (including phenoxy) is 1. The van der Waals surface area contributed by atoms with E-state index in [4.69, 9.17) is 0 Å². The van der Waals surface area contributed by atoms with Gasteiger partial charge in [0.2, 0.25) is 5.91 Å². The van der Waals surface area contributed by atoms with Crippen molar-refractivity contribution in [2.75, 3.05) is 12.4 Å². The Morgan fingerprint density at radius 3 is 2.24 bits per heavy atom. The smallest absolute Gasteiger partial charge is 0.337 e. The van der Waals surface area contributed by atoms with Crippen molar-refractivity contribution in [3.8, 4) is 0 Å². The van der Waals surface area contributed by atoms with E-state index in [0.29, 0.717) is 28.6 Å². The molecule has 0 fully saturated rings. The van der Waals surface area contributed by atoms with Crippen LogP contribution in [0.1, 0.15) is 15.9 Å². The monoisotopic (exact) mass is 457 g/mol. The summed E-state index contributed by atoms with van der Waals surface area (Å²) >= 11 is 0. The number of para-hydroxylation sites is 1. The number of benzene rings is 3. The Morgan fingerprint density at radius 2 is 1.53 bits per heavy atom. The van der Waals surface area contributed by atoms with Crippen LogP contribution in [0.4, 0.5) is 5.69 Å². The van der Waals surface area contributed by atoms with Crippen molar-refractivity contribution < 1.29 is 14.3 Å². The van der Waals surface area contributed by atoms with Crippen LogP contribution >= 0.6 is 0 Å². The fourth-order valence-corrected chi connectivity index (χ4v) is 3.76. The van der Waals surface area contributed by atoms with Crippen LogP contribution in [0.15, 0.2) is 88.5 Å². The second-order valence-electron chi connectivity index (χ2n) is 7.70. The van der Waals surface area contributed by atoms with Gasteiger partial charge < -0.3 is 10.1 Å². The van der Waals surface area contributed by atoms with Gasteiger partial charge in [-0.15, -0.1) is 0 Å². The van der Waals surface area contributed by atoms with Crippen LogP contribution in [0.5, 0.6) is 0 Å². The first-order valence-electron chi connectivity index (χ1n) is 10.7. The highest BCUT2D eigenvalue weighted by molar-refractivity contribution is 5.93. The molecule has 34 heavy (non-hydrogen) atoms. The highest BCUT2D eigenvalue weighted by Crippen LogP contribution is 2.12. The van der Waals surface area contributed by atoms with Crippen molar-refractivity contribution in [1.82, 2.24) is 9.13 Å². The molecule has 0 aliphatic rings. The number of hydrogen-bond donors (Lipinski definition) is 1. The zero-order valence-electron chi connectivity index (χ0n) is 18.6. The van der Waals surface area contributed by atoms with Crippen molar-refractivity contribution in [3.05, 3.63) is 111 Å². The molecule has 0 radical (unpaired) electrons. The van der Waals surface area contributed by atoms with Gasteiger partial charge in [-0.2, -0.15) is 0 Å². The predicted molar refractivity (Wildman–Crippen MR) is 129 cm³/mol. The standard InChI is InChI=1S/C26H23N3O5/c1-34-25(32)19-11-13-20(14-12-19)27-23(30)17-29-22-10-6-5-9-21(22)24(31)28(26(29)33)16-15-18-7-3-2-4-8-18/h2-14H,15-17H2,1H3,(H,27,30). The summed E-state index contributed by atoms with van der Waals surface area (Å²) in [5.41, 5.74) is 1.29. The number of esters is 1. The highest BCUT2D eigenvalue weighted by atomic mass is 16.5. The molecule has 0 spiro atoms. The van der Waals surface area contributed by atoms with Gasteiger partial charge in [0.25, 0.3) is 5.56 Å². The Bertz CT molecular complexity index is 1450. The number of fused-ring (bicyclic) bond motifs is 1. The fraction of sp³-hybridized carbons (Fsp3) is 0.154. The number of amides is 1. The molecule has 8 heteroatoms. The topological polar surface area (TPSA) is 99.4 Å². The molecule has 4 aromatic rings. The van der Waals surface area contributed by atoms with Crippen molar-refractivity contribution in [2.45, 2.75) is 19.5 Å². The maximum Gasteiger partial charge on any atom is 0.337 e. The predicted octanol–water partition coefficient (Wildman–Crippen LogP) is 2.83. The lowest BCUT2D eigenvalue weighted by Crippen LogP contribution is -2.42. The molecule has 4 rings (SSSR count). The number of nitrogens with one attached hydrogen (secondary N) is 1. The van der Waals surface area contributed by atoms with Gasteiger partial charge in [-0.3, -0.25) is 18.7 Å². The molecule has 8 nitrogen and oxygen atoms in total. The lowest BCUT2D eigenvalue weighted by molar-refractivity contribution is -0.116. The third-order valence-corrected chi connectivity index (χ3v) is 5.49. The quantitative estimate of drug-likeness (QED) is 0.430. The highest BCUT2D eigenvalue weighted by Gasteiger charge is 2.15. The van der Waals surface area contributed by atoms with Crippen molar-refractivity contribution in [2.24, 2.45) is 0 Å². The molecule has 0 aliphatic carbocycles. The minimum Gasteiger partial charge on any atom is -0.465 e. The van der Waals surface area contributed by atoms with Crippen LogP contribution < -0.4 is 16.6 Å². The number of nitrogens with zero attached hydrogens (tertiary/aromatic N) is 2. The number of carbonyl (C=O) groups excluding carboxylic acids is 2. The van der Waals surface area contributed by atoms with Gasteiger partial charge in [0.1, 0.15) is 6.54 Å². The Hall–Kier alpha value is -4.46. The van der Waals surface area contributed by atoms with E-state index in [1.54, 1.807) is 36.4 Å². The Balaban J connectivity index is 1.62. The van der Waals surface area contributed by atoms with Gasteiger partial charge in [-0.05, 0) is 48.4 Å². The minimum absolute atomic E-state index is 0.198. The molecule has 0 atom stereocenters. The first-order valence-corrected chi connectivity index (χ1v) is 10.7. The Labute approximate surface area is 195 Å². The number of hydrogen-bond acceptors (Lipinski definition) is 5. The van der Waals surface area contributed by atoms with Crippen LogP contribution in [0.25, 0.3) is 10.9 Å². The number of anilines is 1. The van der Waals surface area contributed by atoms with Crippen molar-refractivity contribution in [1.29, 1.82) is 0 Å². The third kappa shape index (κ3) is 4.80. The normalized spacial score (nSPS) is 10.7. The van der Waals surface area contributed by atoms with E-state index in [1.165, 1.54) is 28.4 Å². The van der Waals surface area contributed by atoms with Crippen LogP contribution in [0.3, 0.4) is 0 Å². The van der Waals surface area contributed by atoms with E-state index >= 15 is 0 Å². The van der Waals surface area contributed by atoms with Crippen LogP contribution in [0.2, 0.25) is 0 Å². The van der Waals surface area contributed by atoms with Gasteiger partial charge >= 0.3 is 11.7 Å². The lowest BCUT2D eigenvalue weighted by atomic mass is 10.1. The number of aryl methyl sites for hydroxylation is 1. The van der Waals surface area contributed by atoms with Crippen molar-refractivity contribution in [3.63, 3.8) is 0 Å². The van der Waals surface area contributed by atoms with Gasteiger partial charge in [-0.25, -0.2) is 9.59 Å². The second kappa shape index (κ2) is 9.99. The zero-order valence-corrected chi connectivity index (χ0v) is 18.6. The van der Waals surface area contributed by atoms with E-state index in [9.17, 15) is 19.2 Å². The van der Waals surface area contributed by atoms with Gasteiger partial charge in [0.05, 0.1) is 23.6 Å².